The van der Waals surface area contributed by atoms with E-state index in [1.165, 1.54) is 11.1 Å². The van der Waals surface area contributed by atoms with Gasteiger partial charge in [0.2, 0.25) is 0 Å². The van der Waals surface area contributed by atoms with Gasteiger partial charge < -0.3 is 9.64 Å². The SMILES string of the molecule is CCC(Oc1ccccc1)C(=O)N1CCN(C(c2ccccc2)c2ccccc2)CC1. The topological polar surface area (TPSA) is 32.8 Å². The van der Waals surface area contributed by atoms with E-state index in [2.05, 4.69) is 65.6 Å². The van der Waals surface area contributed by atoms with Crippen molar-refractivity contribution in [2.45, 2.75) is 25.5 Å². The molecule has 1 aliphatic rings. The first kappa shape index (κ1) is 21.1. The predicted octanol–water partition coefficient (Wildman–Crippen LogP) is 4.78. The van der Waals surface area contributed by atoms with E-state index in [-0.39, 0.29) is 11.9 Å². The molecule has 160 valence electrons. The standard InChI is InChI=1S/C27H30N2O2/c1-2-25(31-24-16-10-5-11-17-24)27(30)29-20-18-28(19-21-29)26(22-12-6-3-7-13-22)23-14-8-4-9-15-23/h3-17,25-26H,2,18-21H2,1H3. The van der Waals surface area contributed by atoms with E-state index >= 15 is 0 Å². The smallest absolute Gasteiger partial charge is 0.263 e. The zero-order valence-corrected chi connectivity index (χ0v) is 18.1. The van der Waals surface area contributed by atoms with Gasteiger partial charge in [0.1, 0.15) is 5.75 Å². The summed E-state index contributed by atoms with van der Waals surface area (Å²) in [6.07, 6.45) is 0.220. The summed E-state index contributed by atoms with van der Waals surface area (Å²) < 4.78 is 5.99. The summed E-state index contributed by atoms with van der Waals surface area (Å²) in [5, 5.41) is 0. The molecule has 1 fully saturated rings. The quantitative estimate of drug-likeness (QED) is 0.558. The van der Waals surface area contributed by atoms with E-state index in [0.717, 1.165) is 18.8 Å². The fourth-order valence-corrected chi connectivity index (χ4v) is 4.26. The Morgan fingerprint density at radius 2 is 1.26 bits per heavy atom. The lowest BCUT2D eigenvalue weighted by Gasteiger charge is -2.40. The molecule has 0 aromatic heterocycles. The molecule has 0 saturated carbocycles. The average molecular weight is 415 g/mol. The van der Waals surface area contributed by atoms with Crippen molar-refractivity contribution in [2.24, 2.45) is 0 Å². The number of ether oxygens (including phenoxy) is 1. The third kappa shape index (κ3) is 5.15. The van der Waals surface area contributed by atoms with Crippen LogP contribution in [0.5, 0.6) is 5.75 Å². The highest BCUT2D eigenvalue weighted by Crippen LogP contribution is 2.29. The highest BCUT2D eigenvalue weighted by molar-refractivity contribution is 5.81. The first-order chi connectivity index (χ1) is 15.3. The zero-order chi connectivity index (χ0) is 21.5. The lowest BCUT2D eigenvalue weighted by atomic mass is 9.96. The van der Waals surface area contributed by atoms with Gasteiger partial charge in [-0.15, -0.1) is 0 Å². The Morgan fingerprint density at radius 1 is 0.774 bits per heavy atom. The Morgan fingerprint density at radius 3 is 1.74 bits per heavy atom. The second-order valence-corrected chi connectivity index (χ2v) is 7.91. The van der Waals surface area contributed by atoms with Gasteiger partial charge in [0.25, 0.3) is 5.91 Å². The maximum absolute atomic E-state index is 13.1. The van der Waals surface area contributed by atoms with E-state index in [9.17, 15) is 4.79 Å². The highest BCUT2D eigenvalue weighted by atomic mass is 16.5. The number of carbonyl (C=O) groups excluding carboxylic acids is 1. The number of hydrogen-bond donors (Lipinski definition) is 0. The Bertz CT molecular complexity index is 899. The van der Waals surface area contributed by atoms with E-state index in [4.69, 9.17) is 4.74 Å². The van der Waals surface area contributed by atoms with Gasteiger partial charge in [-0.25, -0.2) is 0 Å². The summed E-state index contributed by atoms with van der Waals surface area (Å²) in [6, 6.07) is 31.1. The first-order valence-corrected chi connectivity index (χ1v) is 11.1. The van der Waals surface area contributed by atoms with Crippen molar-refractivity contribution in [2.75, 3.05) is 26.2 Å². The zero-order valence-electron chi connectivity index (χ0n) is 18.1. The molecule has 1 atom stereocenters. The Labute approximate surface area is 185 Å². The van der Waals surface area contributed by atoms with Crippen molar-refractivity contribution >= 4 is 5.91 Å². The molecule has 0 radical (unpaired) electrons. The second kappa shape index (κ2) is 10.3. The second-order valence-electron chi connectivity index (χ2n) is 7.91. The molecule has 1 amide bonds. The van der Waals surface area contributed by atoms with Crippen molar-refractivity contribution in [1.29, 1.82) is 0 Å². The van der Waals surface area contributed by atoms with Gasteiger partial charge in [0, 0.05) is 26.2 Å². The van der Waals surface area contributed by atoms with E-state index in [0.29, 0.717) is 19.5 Å². The molecule has 0 bridgehead atoms. The van der Waals surface area contributed by atoms with Crippen LogP contribution in [0.1, 0.15) is 30.5 Å². The minimum absolute atomic E-state index is 0.0852. The van der Waals surface area contributed by atoms with Crippen molar-refractivity contribution < 1.29 is 9.53 Å². The lowest BCUT2D eigenvalue weighted by molar-refractivity contribution is -0.140. The van der Waals surface area contributed by atoms with Crippen LogP contribution in [-0.2, 0) is 4.79 Å². The fraction of sp³-hybridized carbons (Fsp3) is 0.296. The molecule has 1 unspecified atom stereocenters. The van der Waals surface area contributed by atoms with Crippen LogP contribution in [0.2, 0.25) is 0 Å². The first-order valence-electron chi connectivity index (χ1n) is 11.1. The number of hydrogen-bond acceptors (Lipinski definition) is 3. The molecule has 4 heteroatoms. The summed E-state index contributed by atoms with van der Waals surface area (Å²) in [6.45, 7) is 5.10. The molecule has 4 rings (SSSR count). The summed E-state index contributed by atoms with van der Waals surface area (Å²) in [5.41, 5.74) is 2.57. The molecule has 0 N–H and O–H groups in total. The maximum atomic E-state index is 13.1. The van der Waals surface area contributed by atoms with Crippen LogP contribution >= 0.6 is 0 Å². The van der Waals surface area contributed by atoms with Crippen LogP contribution in [0.3, 0.4) is 0 Å². The van der Waals surface area contributed by atoms with Crippen molar-refractivity contribution in [3.63, 3.8) is 0 Å². The van der Waals surface area contributed by atoms with Crippen LogP contribution in [-0.4, -0.2) is 48.0 Å². The Balaban J connectivity index is 1.44. The summed E-state index contributed by atoms with van der Waals surface area (Å²) in [7, 11) is 0. The molecule has 1 heterocycles. The minimum atomic E-state index is -0.437. The number of para-hydroxylation sites is 1. The number of piperazine rings is 1. The third-order valence-electron chi connectivity index (χ3n) is 5.89. The van der Waals surface area contributed by atoms with Gasteiger partial charge in [-0.3, -0.25) is 9.69 Å². The van der Waals surface area contributed by atoms with Crippen LogP contribution in [0.4, 0.5) is 0 Å². The molecular formula is C27H30N2O2. The summed E-state index contributed by atoms with van der Waals surface area (Å²) in [5.74, 6) is 0.830. The average Bonchev–Trinajstić information content (AvgIpc) is 2.85. The fourth-order valence-electron chi connectivity index (χ4n) is 4.26. The van der Waals surface area contributed by atoms with Gasteiger partial charge >= 0.3 is 0 Å². The van der Waals surface area contributed by atoms with Crippen LogP contribution in [0.15, 0.2) is 91.0 Å². The third-order valence-corrected chi connectivity index (χ3v) is 5.89. The summed E-state index contributed by atoms with van der Waals surface area (Å²) in [4.78, 5) is 17.6. The predicted molar refractivity (Wildman–Crippen MR) is 124 cm³/mol. The van der Waals surface area contributed by atoms with Gasteiger partial charge in [0.05, 0.1) is 6.04 Å². The van der Waals surface area contributed by atoms with Crippen LogP contribution in [0.25, 0.3) is 0 Å². The van der Waals surface area contributed by atoms with E-state index < -0.39 is 6.10 Å². The Hall–Kier alpha value is -3.11. The lowest BCUT2D eigenvalue weighted by Crippen LogP contribution is -2.53. The van der Waals surface area contributed by atoms with Gasteiger partial charge in [-0.1, -0.05) is 85.8 Å². The van der Waals surface area contributed by atoms with Crippen molar-refractivity contribution in [3.8, 4) is 5.75 Å². The molecule has 0 spiro atoms. The van der Waals surface area contributed by atoms with Gasteiger partial charge in [-0.05, 0) is 29.7 Å². The molecule has 0 aliphatic carbocycles. The highest BCUT2D eigenvalue weighted by Gasteiger charge is 2.31. The Kier molecular flexibility index (Phi) is 7.00. The molecule has 3 aromatic carbocycles. The number of carbonyl (C=O) groups is 1. The van der Waals surface area contributed by atoms with Gasteiger partial charge in [0.15, 0.2) is 6.10 Å². The maximum Gasteiger partial charge on any atom is 0.263 e. The monoisotopic (exact) mass is 414 g/mol. The summed E-state index contributed by atoms with van der Waals surface area (Å²) >= 11 is 0. The molecule has 3 aromatic rings. The minimum Gasteiger partial charge on any atom is -0.481 e. The molecule has 1 saturated heterocycles. The van der Waals surface area contributed by atoms with E-state index in [1.807, 2.05) is 42.2 Å². The molecular weight excluding hydrogens is 384 g/mol. The largest absolute Gasteiger partial charge is 0.481 e. The van der Waals surface area contributed by atoms with Crippen LogP contribution in [0, 0.1) is 0 Å². The molecule has 4 nitrogen and oxygen atoms in total. The van der Waals surface area contributed by atoms with Gasteiger partial charge in [-0.2, -0.15) is 0 Å². The van der Waals surface area contributed by atoms with Crippen molar-refractivity contribution in [3.05, 3.63) is 102 Å². The molecule has 1 aliphatic heterocycles. The number of amides is 1. The number of rotatable bonds is 7. The number of nitrogens with zero attached hydrogens (tertiary/aromatic N) is 2. The number of benzene rings is 3. The van der Waals surface area contributed by atoms with Crippen molar-refractivity contribution in [1.82, 2.24) is 9.80 Å². The molecule has 31 heavy (non-hydrogen) atoms. The van der Waals surface area contributed by atoms with Crippen LogP contribution < -0.4 is 4.74 Å². The van der Waals surface area contributed by atoms with E-state index in [1.54, 1.807) is 0 Å². The normalized spacial score (nSPS) is 15.6.